The van der Waals surface area contributed by atoms with E-state index in [0.717, 1.165) is 56.1 Å². The molecule has 0 bridgehead atoms. The molecule has 1 aromatic carbocycles. The molecule has 0 radical (unpaired) electrons. The Bertz CT molecular complexity index is 1450. The van der Waals surface area contributed by atoms with Crippen LogP contribution in [0.15, 0.2) is 42.6 Å². The van der Waals surface area contributed by atoms with Gasteiger partial charge in [0.1, 0.15) is 0 Å². The third-order valence-electron chi connectivity index (χ3n) is 5.68. The van der Waals surface area contributed by atoms with Crippen LogP contribution in [-0.2, 0) is 13.6 Å². The fourth-order valence-corrected chi connectivity index (χ4v) is 4.13. The van der Waals surface area contributed by atoms with E-state index in [4.69, 9.17) is 14.8 Å². The summed E-state index contributed by atoms with van der Waals surface area (Å²) in [4.78, 5) is 9.14. The lowest BCUT2D eigenvalue weighted by Crippen LogP contribution is -2.05. The molecule has 0 amide bonds. The van der Waals surface area contributed by atoms with Crippen LogP contribution in [0.1, 0.15) is 22.6 Å². The topological polar surface area (TPSA) is 82.2 Å². The molecule has 0 aliphatic rings. The lowest BCUT2D eigenvalue weighted by molar-refractivity contribution is 0.397. The summed E-state index contributed by atoms with van der Waals surface area (Å²) in [7, 11) is 3.58. The number of benzene rings is 1. The van der Waals surface area contributed by atoms with Gasteiger partial charge in [-0.25, -0.2) is 14.5 Å². The van der Waals surface area contributed by atoms with Crippen molar-refractivity contribution in [2.45, 2.75) is 27.3 Å². The zero-order valence-electron chi connectivity index (χ0n) is 18.8. The highest BCUT2D eigenvalue weighted by Crippen LogP contribution is 2.31. The molecular weight excluding hydrogens is 402 g/mol. The van der Waals surface area contributed by atoms with Crippen molar-refractivity contribution in [2.75, 3.05) is 12.4 Å². The number of hydrogen-bond acceptors (Lipinski definition) is 6. The molecule has 0 saturated heterocycles. The number of hydrogen-bond donors (Lipinski definition) is 1. The van der Waals surface area contributed by atoms with E-state index in [1.165, 1.54) is 0 Å². The third kappa shape index (κ3) is 3.33. The molecule has 0 atom stereocenters. The molecule has 8 nitrogen and oxygen atoms in total. The summed E-state index contributed by atoms with van der Waals surface area (Å²) in [5.41, 5.74) is 8.80. The van der Waals surface area contributed by atoms with E-state index in [1.807, 2.05) is 61.4 Å². The number of aromatic nitrogens is 6. The minimum atomic E-state index is 0.602. The molecule has 4 heterocycles. The number of imidazole rings is 1. The second-order valence-corrected chi connectivity index (χ2v) is 7.98. The largest absolute Gasteiger partial charge is 0.481 e. The average Bonchev–Trinajstić information content (AvgIpc) is 3.27. The van der Waals surface area contributed by atoms with E-state index in [9.17, 15) is 0 Å². The highest BCUT2D eigenvalue weighted by Gasteiger charge is 2.17. The smallest absolute Gasteiger partial charge is 0.212 e. The fraction of sp³-hybridized carbons (Fsp3) is 0.250. The van der Waals surface area contributed by atoms with Crippen molar-refractivity contribution in [1.29, 1.82) is 0 Å². The molecule has 1 N–H and O–H groups in total. The zero-order chi connectivity index (χ0) is 22.4. The minimum Gasteiger partial charge on any atom is -0.481 e. The van der Waals surface area contributed by atoms with Crippen molar-refractivity contribution < 1.29 is 4.74 Å². The molecular formula is C24H25N7O. The van der Waals surface area contributed by atoms with Gasteiger partial charge in [-0.3, -0.25) is 4.68 Å². The van der Waals surface area contributed by atoms with Crippen LogP contribution in [0.5, 0.6) is 5.88 Å². The molecule has 8 heteroatoms. The first kappa shape index (κ1) is 20.0. The number of methoxy groups -OCH3 is 1. The monoisotopic (exact) mass is 427 g/mol. The normalized spacial score (nSPS) is 11.4. The van der Waals surface area contributed by atoms with Gasteiger partial charge in [-0.05, 0) is 44.5 Å². The van der Waals surface area contributed by atoms with Crippen LogP contribution in [0.4, 0.5) is 5.69 Å². The molecule has 4 aromatic heterocycles. The minimum absolute atomic E-state index is 0.602. The second-order valence-electron chi connectivity index (χ2n) is 7.98. The fourth-order valence-electron chi connectivity index (χ4n) is 4.13. The Hall–Kier alpha value is -3.94. The van der Waals surface area contributed by atoms with Crippen LogP contribution in [-0.4, -0.2) is 36.5 Å². The highest BCUT2D eigenvalue weighted by atomic mass is 16.5. The first-order chi connectivity index (χ1) is 15.4. The van der Waals surface area contributed by atoms with Gasteiger partial charge in [0.05, 0.1) is 41.1 Å². The van der Waals surface area contributed by atoms with Crippen molar-refractivity contribution in [3.05, 3.63) is 65.2 Å². The van der Waals surface area contributed by atoms with Gasteiger partial charge in [-0.15, -0.1) is 0 Å². The lowest BCUT2D eigenvalue weighted by atomic mass is 10.1. The molecule has 5 aromatic rings. The van der Waals surface area contributed by atoms with E-state index in [-0.39, 0.29) is 0 Å². The van der Waals surface area contributed by atoms with Gasteiger partial charge in [-0.2, -0.15) is 10.2 Å². The molecule has 0 spiro atoms. The summed E-state index contributed by atoms with van der Waals surface area (Å²) < 4.78 is 8.99. The van der Waals surface area contributed by atoms with Gasteiger partial charge in [0.15, 0.2) is 5.65 Å². The molecule has 0 unspecified atom stereocenters. The molecule has 5 rings (SSSR count). The van der Waals surface area contributed by atoms with Crippen LogP contribution in [0, 0.1) is 20.8 Å². The van der Waals surface area contributed by atoms with Gasteiger partial charge in [0.2, 0.25) is 5.88 Å². The number of pyridine rings is 1. The quantitative estimate of drug-likeness (QED) is 0.452. The maximum absolute atomic E-state index is 5.14. The van der Waals surface area contributed by atoms with E-state index in [0.29, 0.717) is 12.4 Å². The molecule has 0 saturated carbocycles. The zero-order valence-corrected chi connectivity index (χ0v) is 18.8. The summed E-state index contributed by atoms with van der Waals surface area (Å²) >= 11 is 0. The second kappa shape index (κ2) is 7.64. The predicted molar refractivity (Wildman–Crippen MR) is 125 cm³/mol. The van der Waals surface area contributed by atoms with Crippen LogP contribution in [0.2, 0.25) is 0 Å². The van der Waals surface area contributed by atoms with Crippen LogP contribution in [0.3, 0.4) is 0 Å². The van der Waals surface area contributed by atoms with E-state index < -0.39 is 0 Å². The Morgan fingerprint density at radius 2 is 1.84 bits per heavy atom. The van der Waals surface area contributed by atoms with Gasteiger partial charge in [0.25, 0.3) is 0 Å². The number of ether oxygens (including phenoxy) is 1. The first-order valence-electron chi connectivity index (χ1n) is 10.5. The number of fused-ring (bicyclic) bond motifs is 2. The maximum atomic E-state index is 5.14. The molecule has 162 valence electrons. The number of nitrogens with one attached hydrogen (secondary N) is 1. The first-order valence-corrected chi connectivity index (χ1v) is 10.5. The number of anilines is 1. The van der Waals surface area contributed by atoms with Gasteiger partial charge in [0, 0.05) is 36.8 Å². The average molecular weight is 428 g/mol. The predicted octanol–water partition coefficient (Wildman–Crippen LogP) is 4.22. The van der Waals surface area contributed by atoms with Gasteiger partial charge in [-0.1, -0.05) is 12.1 Å². The summed E-state index contributed by atoms with van der Waals surface area (Å²) in [6, 6.07) is 12.3. The summed E-state index contributed by atoms with van der Waals surface area (Å²) in [6.07, 6.45) is 1.81. The van der Waals surface area contributed by atoms with Gasteiger partial charge < -0.3 is 10.1 Å². The van der Waals surface area contributed by atoms with Crippen molar-refractivity contribution in [3.8, 4) is 17.1 Å². The Morgan fingerprint density at radius 3 is 2.59 bits per heavy atom. The molecule has 0 aliphatic carbocycles. The van der Waals surface area contributed by atoms with E-state index in [1.54, 1.807) is 7.11 Å². The molecule has 0 aliphatic heterocycles. The van der Waals surface area contributed by atoms with E-state index >= 15 is 0 Å². The Labute approximate surface area is 185 Å². The number of aryl methyl sites for hydroxylation is 4. The van der Waals surface area contributed by atoms with Crippen molar-refractivity contribution >= 4 is 22.2 Å². The highest BCUT2D eigenvalue weighted by molar-refractivity contribution is 5.87. The Kier molecular flexibility index (Phi) is 4.77. The van der Waals surface area contributed by atoms with Gasteiger partial charge >= 0.3 is 0 Å². The van der Waals surface area contributed by atoms with Crippen LogP contribution >= 0.6 is 0 Å². The maximum Gasteiger partial charge on any atom is 0.212 e. The van der Waals surface area contributed by atoms with Crippen LogP contribution in [0.25, 0.3) is 27.8 Å². The van der Waals surface area contributed by atoms with Crippen molar-refractivity contribution in [1.82, 2.24) is 29.4 Å². The number of nitrogens with zero attached hydrogens (tertiary/aromatic N) is 6. The lowest BCUT2D eigenvalue weighted by Gasteiger charge is -2.10. The SMILES string of the molecule is COc1ccc(CNc2cc(C)nn3c(-c4ccc5c(c4)c(C)nn5C)c(C)nc23)cn1. The van der Waals surface area contributed by atoms with Crippen molar-refractivity contribution in [3.63, 3.8) is 0 Å². The summed E-state index contributed by atoms with van der Waals surface area (Å²) in [5.74, 6) is 0.602. The molecule has 0 fully saturated rings. The standard InChI is InChI=1S/C24H25N7O/c1-14-10-20(25-12-17-6-9-22(32-5)26-13-17)24-27-16(3)23(31(24)28-14)18-7-8-21-19(11-18)15(2)29-30(21)4/h6-11,13,25H,12H2,1-5H3. The molecule has 32 heavy (non-hydrogen) atoms. The third-order valence-corrected chi connectivity index (χ3v) is 5.68. The van der Waals surface area contributed by atoms with Crippen molar-refractivity contribution in [2.24, 2.45) is 7.05 Å². The summed E-state index contributed by atoms with van der Waals surface area (Å²) in [6.45, 7) is 6.67. The number of rotatable bonds is 5. The van der Waals surface area contributed by atoms with Crippen LogP contribution < -0.4 is 10.1 Å². The Balaban J connectivity index is 1.56. The Morgan fingerprint density at radius 1 is 1.00 bits per heavy atom. The summed E-state index contributed by atoms with van der Waals surface area (Å²) in [5, 5.41) is 14.0. The van der Waals surface area contributed by atoms with E-state index in [2.05, 4.69) is 33.6 Å².